The maximum absolute atomic E-state index is 12.4. The van der Waals surface area contributed by atoms with Crippen molar-refractivity contribution in [3.8, 4) is 0 Å². The molecule has 0 heterocycles. The van der Waals surface area contributed by atoms with E-state index in [0.717, 1.165) is 43.9 Å². The Labute approximate surface area is 133 Å². The third-order valence-electron chi connectivity index (χ3n) is 5.27. The van der Waals surface area contributed by atoms with Gasteiger partial charge in [-0.05, 0) is 0 Å². The van der Waals surface area contributed by atoms with E-state index in [9.17, 15) is 8.42 Å². The molecule has 0 saturated heterocycles. The van der Waals surface area contributed by atoms with Crippen molar-refractivity contribution in [1.29, 1.82) is 0 Å². The fraction of sp³-hybridized carbons (Fsp3) is 1.00. The van der Waals surface area contributed by atoms with Gasteiger partial charge >= 0.3 is 133 Å². The van der Waals surface area contributed by atoms with Crippen LogP contribution in [0.15, 0.2) is 0 Å². The molecule has 0 unspecified atom stereocenters. The van der Waals surface area contributed by atoms with E-state index in [-0.39, 0.29) is 5.75 Å². The Balaban J connectivity index is 4.57. The van der Waals surface area contributed by atoms with E-state index in [1.807, 2.05) is 0 Å². The Morgan fingerprint density at radius 1 is 0.714 bits per heavy atom. The molecule has 0 N–H and O–H groups in total. The molecule has 0 aliphatic heterocycles. The van der Waals surface area contributed by atoms with Gasteiger partial charge in [-0.3, -0.25) is 0 Å². The van der Waals surface area contributed by atoms with Crippen LogP contribution in [0.25, 0.3) is 0 Å². The molecule has 130 valence electrons. The molecular weight excluding hydrogens is 303 g/mol. The fourth-order valence-corrected chi connectivity index (χ4v) is 10.8. The van der Waals surface area contributed by atoms with Gasteiger partial charge in [0.2, 0.25) is 0 Å². The van der Waals surface area contributed by atoms with Gasteiger partial charge in [0.15, 0.2) is 0 Å². The Hall–Kier alpha value is 0.340. The first kappa shape index (κ1) is 21.3. The number of hydrogen-bond acceptors (Lipinski definition) is 3. The summed E-state index contributed by atoms with van der Waals surface area (Å²) in [4.78, 5) is 0. The molecular formula is C16H37O3PS. The zero-order valence-corrected chi connectivity index (χ0v) is 16.6. The van der Waals surface area contributed by atoms with Crippen LogP contribution in [0.2, 0.25) is 0 Å². The molecule has 5 heteroatoms. The van der Waals surface area contributed by atoms with Crippen molar-refractivity contribution in [1.82, 2.24) is 0 Å². The first-order valence-electron chi connectivity index (χ1n) is 8.77. The maximum atomic E-state index is 12.4. The van der Waals surface area contributed by atoms with Gasteiger partial charge in [-0.1, -0.05) is 0 Å². The summed E-state index contributed by atoms with van der Waals surface area (Å²) in [5, 5.41) is 0. The van der Waals surface area contributed by atoms with Crippen LogP contribution in [0.4, 0.5) is 0 Å². The monoisotopic (exact) mass is 340 g/mol. The molecule has 0 aromatic carbocycles. The SMILES string of the molecule is CCCCCCCCS(=O)(=O)OP(CC)(CC)(CC)CC. The van der Waals surface area contributed by atoms with Crippen LogP contribution in [0.1, 0.15) is 73.1 Å². The molecule has 0 aliphatic carbocycles. The zero-order valence-electron chi connectivity index (χ0n) is 14.9. The van der Waals surface area contributed by atoms with Crippen molar-refractivity contribution >= 4 is 16.9 Å². The molecule has 0 aliphatic rings. The first-order chi connectivity index (χ1) is 9.82. The molecule has 0 radical (unpaired) electrons. The van der Waals surface area contributed by atoms with Crippen molar-refractivity contribution in [2.45, 2.75) is 73.1 Å². The van der Waals surface area contributed by atoms with Crippen LogP contribution in [-0.2, 0) is 14.1 Å². The normalized spacial score (nSPS) is 14.8. The third kappa shape index (κ3) is 6.54. The second kappa shape index (κ2) is 9.47. The summed E-state index contributed by atoms with van der Waals surface area (Å²) in [6, 6.07) is 0. The molecule has 0 fully saturated rings. The van der Waals surface area contributed by atoms with E-state index in [4.69, 9.17) is 3.97 Å². The van der Waals surface area contributed by atoms with Crippen LogP contribution in [0, 0.1) is 0 Å². The predicted octanol–water partition coefficient (Wildman–Crippen LogP) is 5.24. The van der Waals surface area contributed by atoms with Crippen LogP contribution in [0.3, 0.4) is 0 Å². The Morgan fingerprint density at radius 2 is 1.14 bits per heavy atom. The quantitative estimate of drug-likeness (QED) is 0.340. The minimum absolute atomic E-state index is 0.191. The molecule has 0 bridgehead atoms. The Morgan fingerprint density at radius 3 is 1.57 bits per heavy atom. The summed E-state index contributed by atoms with van der Waals surface area (Å²) < 4.78 is 30.7. The van der Waals surface area contributed by atoms with E-state index in [1.54, 1.807) is 0 Å². The molecule has 0 aromatic rings. The summed E-state index contributed by atoms with van der Waals surface area (Å²) in [7, 11) is -3.38. The van der Waals surface area contributed by atoms with Gasteiger partial charge in [-0.2, -0.15) is 0 Å². The summed E-state index contributed by atoms with van der Waals surface area (Å²) in [6.45, 7) is 8.03. The summed E-state index contributed by atoms with van der Waals surface area (Å²) >= 11 is 0. The zero-order chi connectivity index (χ0) is 16.4. The third-order valence-corrected chi connectivity index (χ3v) is 15.1. The topological polar surface area (TPSA) is 43.4 Å². The second-order valence-electron chi connectivity index (χ2n) is 6.23. The predicted molar refractivity (Wildman–Crippen MR) is 97.3 cm³/mol. The second-order valence-corrected chi connectivity index (χ2v) is 14.6. The fourth-order valence-electron chi connectivity index (χ4n) is 2.97. The van der Waals surface area contributed by atoms with Gasteiger partial charge in [0.1, 0.15) is 0 Å². The van der Waals surface area contributed by atoms with Crippen molar-refractivity contribution in [2.75, 3.05) is 30.4 Å². The van der Waals surface area contributed by atoms with Crippen molar-refractivity contribution < 1.29 is 12.4 Å². The first-order valence-corrected chi connectivity index (χ1v) is 13.2. The summed E-state index contributed by atoms with van der Waals surface area (Å²) in [6.07, 6.45) is 10.0. The van der Waals surface area contributed by atoms with Gasteiger partial charge in [-0.25, -0.2) is 0 Å². The van der Waals surface area contributed by atoms with Gasteiger partial charge in [0.25, 0.3) is 0 Å². The van der Waals surface area contributed by atoms with Crippen LogP contribution in [0.5, 0.6) is 0 Å². The summed E-state index contributed by atoms with van der Waals surface area (Å²) in [5.41, 5.74) is 0. The van der Waals surface area contributed by atoms with E-state index in [1.165, 1.54) is 19.3 Å². The van der Waals surface area contributed by atoms with Gasteiger partial charge in [0.05, 0.1) is 0 Å². The van der Waals surface area contributed by atoms with Crippen molar-refractivity contribution in [3.63, 3.8) is 0 Å². The Bertz CT molecular complexity index is 351. The van der Waals surface area contributed by atoms with Crippen LogP contribution < -0.4 is 0 Å². The molecule has 0 saturated carbocycles. The average molecular weight is 341 g/mol. The van der Waals surface area contributed by atoms with Gasteiger partial charge < -0.3 is 0 Å². The van der Waals surface area contributed by atoms with Crippen molar-refractivity contribution in [3.05, 3.63) is 0 Å². The standard InChI is InChI=1S/C16H37O3PS/c1-6-11-12-13-14-15-16-21(17,18)19-20(7-2,8-3,9-4)10-5/h6-16H2,1-5H3. The van der Waals surface area contributed by atoms with E-state index in [0.29, 0.717) is 0 Å². The summed E-state index contributed by atoms with van der Waals surface area (Å²) in [5.74, 6) is 0.191. The van der Waals surface area contributed by atoms with E-state index >= 15 is 0 Å². The van der Waals surface area contributed by atoms with E-state index in [2.05, 4.69) is 34.6 Å². The Kier molecular flexibility index (Phi) is 9.63. The minimum atomic E-state index is -3.38. The number of rotatable bonds is 13. The molecule has 0 spiro atoms. The molecule has 0 atom stereocenters. The number of unbranched alkanes of at least 4 members (excludes halogenated alkanes) is 5. The molecule has 0 aromatic heterocycles. The van der Waals surface area contributed by atoms with Crippen molar-refractivity contribution in [2.24, 2.45) is 0 Å². The molecule has 3 nitrogen and oxygen atoms in total. The molecule has 21 heavy (non-hydrogen) atoms. The van der Waals surface area contributed by atoms with Gasteiger partial charge in [0, 0.05) is 0 Å². The van der Waals surface area contributed by atoms with Gasteiger partial charge in [-0.15, -0.1) is 0 Å². The molecule has 0 rings (SSSR count). The average Bonchev–Trinajstić information content (AvgIpc) is 2.49. The van der Waals surface area contributed by atoms with Crippen LogP contribution in [-0.4, -0.2) is 38.8 Å². The number of hydrogen-bond donors (Lipinski definition) is 0. The van der Waals surface area contributed by atoms with E-state index < -0.39 is 16.9 Å². The molecule has 0 amide bonds. The van der Waals surface area contributed by atoms with Crippen LogP contribution >= 0.6 is 6.83 Å².